The van der Waals surface area contributed by atoms with Crippen molar-refractivity contribution in [3.8, 4) is 5.75 Å². The lowest BCUT2D eigenvalue weighted by atomic mass is 9.82. The van der Waals surface area contributed by atoms with Crippen LogP contribution in [0.2, 0.25) is 0 Å². The van der Waals surface area contributed by atoms with E-state index in [2.05, 4.69) is 33.4 Å². The third-order valence-electron chi connectivity index (χ3n) is 3.19. The van der Waals surface area contributed by atoms with Crippen LogP contribution < -0.4 is 10.1 Å². The average molecular weight is 300 g/mol. The van der Waals surface area contributed by atoms with E-state index in [1.54, 1.807) is 7.11 Å². The predicted molar refractivity (Wildman–Crippen MR) is 71.1 cm³/mol. The van der Waals surface area contributed by atoms with Crippen LogP contribution >= 0.6 is 15.9 Å². The largest absolute Gasteiger partial charge is 0.496 e. The van der Waals surface area contributed by atoms with E-state index in [1.165, 1.54) is 5.56 Å². The van der Waals surface area contributed by atoms with Crippen molar-refractivity contribution in [3.63, 3.8) is 0 Å². The molecule has 0 heterocycles. The first-order valence-electron chi connectivity index (χ1n) is 5.90. The zero-order valence-electron chi connectivity index (χ0n) is 9.95. The highest BCUT2D eigenvalue weighted by atomic mass is 79.9. The highest BCUT2D eigenvalue weighted by Crippen LogP contribution is 2.27. The van der Waals surface area contributed by atoms with Gasteiger partial charge in [-0.1, -0.05) is 6.07 Å². The molecule has 1 aromatic rings. The molecule has 1 fully saturated rings. The van der Waals surface area contributed by atoms with Crippen LogP contribution in [0.1, 0.15) is 18.4 Å². The Labute approximate surface area is 110 Å². The Morgan fingerprint density at radius 1 is 1.47 bits per heavy atom. The van der Waals surface area contributed by atoms with Gasteiger partial charge in [-0.15, -0.1) is 0 Å². The van der Waals surface area contributed by atoms with Crippen LogP contribution in [0.5, 0.6) is 5.75 Å². The van der Waals surface area contributed by atoms with Crippen LogP contribution in [0.4, 0.5) is 0 Å². The van der Waals surface area contributed by atoms with Gasteiger partial charge in [-0.3, -0.25) is 0 Å². The van der Waals surface area contributed by atoms with Gasteiger partial charge in [-0.25, -0.2) is 0 Å². The lowest BCUT2D eigenvalue weighted by Gasteiger charge is -2.31. The van der Waals surface area contributed by atoms with Crippen LogP contribution in [0.15, 0.2) is 22.7 Å². The van der Waals surface area contributed by atoms with E-state index in [1.807, 2.05) is 6.07 Å². The van der Waals surface area contributed by atoms with Crippen LogP contribution in [-0.2, 0) is 6.54 Å². The minimum absolute atomic E-state index is 0.0584. The van der Waals surface area contributed by atoms with E-state index < -0.39 is 0 Å². The molecule has 0 radical (unpaired) electrons. The monoisotopic (exact) mass is 299 g/mol. The maximum atomic E-state index is 9.18. The maximum absolute atomic E-state index is 9.18. The first-order valence-corrected chi connectivity index (χ1v) is 6.69. The normalized spacial score (nSPS) is 23.2. The molecule has 0 aliphatic heterocycles. The number of methoxy groups -OCH3 is 1. The van der Waals surface area contributed by atoms with Gasteiger partial charge in [0.15, 0.2) is 0 Å². The fourth-order valence-electron chi connectivity index (χ4n) is 2.11. The third kappa shape index (κ3) is 3.44. The van der Waals surface area contributed by atoms with Gasteiger partial charge < -0.3 is 15.2 Å². The van der Waals surface area contributed by atoms with Gasteiger partial charge in [0.05, 0.1) is 17.7 Å². The molecule has 94 valence electrons. The molecular formula is C13H18BrNO2. The van der Waals surface area contributed by atoms with E-state index >= 15 is 0 Å². The summed E-state index contributed by atoms with van der Waals surface area (Å²) in [6.45, 7) is 1.84. The van der Waals surface area contributed by atoms with Crippen molar-refractivity contribution in [3.05, 3.63) is 28.2 Å². The van der Waals surface area contributed by atoms with Crippen molar-refractivity contribution in [1.82, 2.24) is 5.32 Å². The van der Waals surface area contributed by atoms with E-state index in [0.29, 0.717) is 5.92 Å². The number of halogens is 1. The number of aliphatic hydroxyl groups is 1. The fourth-order valence-corrected chi connectivity index (χ4v) is 2.70. The van der Waals surface area contributed by atoms with Crippen molar-refractivity contribution in [2.75, 3.05) is 13.7 Å². The average Bonchev–Trinajstić information content (AvgIpc) is 2.27. The quantitative estimate of drug-likeness (QED) is 0.877. The number of hydrogen-bond acceptors (Lipinski definition) is 3. The number of nitrogens with one attached hydrogen (secondary N) is 1. The molecule has 3 nitrogen and oxygen atoms in total. The van der Waals surface area contributed by atoms with Gasteiger partial charge in [0.25, 0.3) is 0 Å². The van der Waals surface area contributed by atoms with Crippen LogP contribution in [0.25, 0.3) is 0 Å². The van der Waals surface area contributed by atoms with Crippen molar-refractivity contribution >= 4 is 15.9 Å². The summed E-state index contributed by atoms with van der Waals surface area (Å²) < 4.78 is 6.17. The second-order valence-corrected chi connectivity index (χ2v) is 5.45. The Balaban J connectivity index is 1.77. The van der Waals surface area contributed by atoms with Gasteiger partial charge in [-0.05, 0) is 58.9 Å². The molecule has 0 aromatic heterocycles. The molecule has 0 spiro atoms. The Morgan fingerprint density at radius 3 is 2.82 bits per heavy atom. The Hall–Kier alpha value is -0.580. The predicted octanol–water partition coefficient (Wildman–Crippen LogP) is 2.32. The summed E-state index contributed by atoms with van der Waals surface area (Å²) in [6.07, 6.45) is 1.83. The summed E-state index contributed by atoms with van der Waals surface area (Å²) >= 11 is 3.48. The van der Waals surface area contributed by atoms with Crippen molar-refractivity contribution in [2.45, 2.75) is 25.5 Å². The zero-order chi connectivity index (χ0) is 12.3. The van der Waals surface area contributed by atoms with Crippen molar-refractivity contribution in [1.29, 1.82) is 0 Å². The van der Waals surface area contributed by atoms with Crippen molar-refractivity contribution < 1.29 is 9.84 Å². The number of aliphatic hydroxyl groups excluding tert-OH is 1. The number of rotatable bonds is 5. The Bertz CT molecular complexity index is 378. The Kier molecular flexibility index (Phi) is 4.42. The molecule has 0 atom stereocenters. The van der Waals surface area contributed by atoms with Gasteiger partial charge >= 0.3 is 0 Å². The van der Waals surface area contributed by atoms with Gasteiger partial charge in [0.1, 0.15) is 5.75 Å². The van der Waals surface area contributed by atoms with E-state index in [-0.39, 0.29) is 6.10 Å². The highest BCUT2D eigenvalue weighted by molar-refractivity contribution is 9.10. The molecule has 4 heteroatoms. The minimum atomic E-state index is -0.0584. The van der Waals surface area contributed by atoms with Crippen molar-refractivity contribution in [2.24, 2.45) is 5.92 Å². The molecule has 0 unspecified atom stereocenters. The van der Waals surface area contributed by atoms with E-state index in [0.717, 1.165) is 36.2 Å². The number of ether oxygens (including phenoxy) is 1. The molecular weight excluding hydrogens is 282 g/mol. The second kappa shape index (κ2) is 5.85. The van der Waals surface area contributed by atoms with Gasteiger partial charge in [0.2, 0.25) is 0 Å². The molecule has 1 aliphatic rings. The summed E-state index contributed by atoms with van der Waals surface area (Å²) in [7, 11) is 1.67. The number of hydrogen-bond donors (Lipinski definition) is 2. The fraction of sp³-hybridized carbons (Fsp3) is 0.538. The highest BCUT2D eigenvalue weighted by Gasteiger charge is 2.26. The standard InChI is InChI=1S/C13H18BrNO2/c1-17-13-3-2-9(6-12(13)14)7-15-8-10-4-11(16)5-10/h2-3,6,10-11,15-16H,4-5,7-8H2,1H3. The summed E-state index contributed by atoms with van der Waals surface area (Å²) in [5.41, 5.74) is 1.23. The lowest BCUT2D eigenvalue weighted by Crippen LogP contribution is -2.35. The summed E-state index contributed by atoms with van der Waals surface area (Å²) in [4.78, 5) is 0. The Morgan fingerprint density at radius 2 is 2.24 bits per heavy atom. The lowest BCUT2D eigenvalue weighted by molar-refractivity contribution is 0.0430. The summed E-state index contributed by atoms with van der Waals surface area (Å²) in [5.74, 6) is 1.50. The molecule has 1 aliphatic carbocycles. The number of benzene rings is 1. The second-order valence-electron chi connectivity index (χ2n) is 4.59. The third-order valence-corrected chi connectivity index (χ3v) is 3.81. The summed E-state index contributed by atoms with van der Waals surface area (Å²) in [6, 6.07) is 6.10. The maximum Gasteiger partial charge on any atom is 0.133 e. The first-order chi connectivity index (χ1) is 8.19. The molecule has 0 bridgehead atoms. The van der Waals surface area contributed by atoms with Crippen LogP contribution in [0.3, 0.4) is 0 Å². The summed E-state index contributed by atoms with van der Waals surface area (Å²) in [5, 5.41) is 12.6. The molecule has 0 saturated heterocycles. The SMILES string of the molecule is COc1ccc(CNCC2CC(O)C2)cc1Br. The van der Waals surface area contributed by atoms with Gasteiger partial charge in [-0.2, -0.15) is 0 Å². The zero-order valence-corrected chi connectivity index (χ0v) is 11.5. The van der Waals surface area contributed by atoms with Gasteiger partial charge in [0, 0.05) is 6.54 Å². The van der Waals surface area contributed by atoms with Crippen LogP contribution in [-0.4, -0.2) is 24.9 Å². The molecule has 2 rings (SSSR count). The molecule has 1 aromatic carbocycles. The van der Waals surface area contributed by atoms with Crippen LogP contribution in [0, 0.1) is 5.92 Å². The first kappa shape index (κ1) is 12.9. The molecule has 0 amide bonds. The molecule has 1 saturated carbocycles. The smallest absolute Gasteiger partial charge is 0.133 e. The minimum Gasteiger partial charge on any atom is -0.496 e. The van der Waals surface area contributed by atoms with E-state index in [4.69, 9.17) is 4.74 Å². The molecule has 17 heavy (non-hydrogen) atoms. The van der Waals surface area contributed by atoms with E-state index in [9.17, 15) is 5.11 Å². The topological polar surface area (TPSA) is 41.5 Å². The molecule has 2 N–H and O–H groups in total.